The predicted octanol–water partition coefficient (Wildman–Crippen LogP) is 9.20. The van der Waals surface area contributed by atoms with Crippen LogP contribution < -0.4 is 38.1 Å². The number of hydrogen-bond acceptors (Lipinski definition) is 11. The molecule has 0 N–H and O–H groups in total. The first-order chi connectivity index (χ1) is 26.4. The van der Waals surface area contributed by atoms with Gasteiger partial charge in [0.25, 0.3) is 0 Å². The summed E-state index contributed by atoms with van der Waals surface area (Å²) in [4.78, 5) is 14.4. The highest BCUT2D eigenvalue weighted by molar-refractivity contribution is 5.86. The predicted molar refractivity (Wildman–Crippen MR) is 232 cm³/mol. The minimum Gasteiger partial charge on any atom is -0.494 e. The number of hydrogen-bond donors (Lipinski definition) is 0. The third-order valence-corrected chi connectivity index (χ3v) is 9.81. The molecule has 308 valence electrons. The van der Waals surface area contributed by atoms with Gasteiger partial charge in [-0.15, -0.1) is 37.2 Å². The van der Waals surface area contributed by atoms with Gasteiger partial charge in [-0.3, -0.25) is 14.9 Å². The van der Waals surface area contributed by atoms with Crippen molar-refractivity contribution in [3.63, 3.8) is 0 Å². The van der Waals surface area contributed by atoms with Crippen molar-refractivity contribution in [1.82, 2.24) is 14.9 Å². The van der Waals surface area contributed by atoms with Gasteiger partial charge in [0.1, 0.15) is 5.75 Å². The van der Waals surface area contributed by atoms with Crippen LogP contribution in [0.25, 0.3) is 22.4 Å². The monoisotopic (exact) mass is 842 g/mol. The van der Waals surface area contributed by atoms with Gasteiger partial charge in [-0.1, -0.05) is 0 Å². The number of pyridine rings is 2. The maximum atomic E-state index is 5.78. The van der Waals surface area contributed by atoms with Crippen molar-refractivity contribution in [2.24, 2.45) is 0 Å². The molecule has 0 aliphatic carbocycles. The minimum absolute atomic E-state index is 0. The Balaban J connectivity index is 0.00000290. The van der Waals surface area contributed by atoms with E-state index in [0.29, 0.717) is 53.7 Å². The van der Waals surface area contributed by atoms with Gasteiger partial charge in [0.2, 0.25) is 11.5 Å². The Hall–Kier alpha value is -4.81. The number of ether oxygens (including phenoxy) is 7. The number of nitrogens with zero attached hydrogens (tertiary/aromatic N) is 4. The summed E-state index contributed by atoms with van der Waals surface area (Å²) in [5.74, 6) is 4.39. The molecule has 1 fully saturated rings. The quantitative estimate of drug-likeness (QED) is 0.0952. The minimum atomic E-state index is 0. The van der Waals surface area contributed by atoms with Gasteiger partial charge in [-0.05, 0) is 103 Å². The van der Waals surface area contributed by atoms with Crippen LogP contribution in [0.15, 0.2) is 85.3 Å². The van der Waals surface area contributed by atoms with Crippen molar-refractivity contribution in [1.29, 1.82) is 0 Å². The molecule has 1 aliphatic rings. The van der Waals surface area contributed by atoms with E-state index in [9.17, 15) is 0 Å². The lowest BCUT2D eigenvalue weighted by molar-refractivity contribution is 0.201. The normalized spacial score (nSPS) is 12.5. The molecule has 3 aromatic carbocycles. The van der Waals surface area contributed by atoms with Crippen LogP contribution in [0.2, 0.25) is 0 Å². The van der Waals surface area contributed by atoms with Crippen LogP contribution in [0.3, 0.4) is 0 Å². The number of likely N-dealkylation sites (tertiary alicyclic amines) is 1. The third-order valence-electron chi connectivity index (χ3n) is 9.81. The number of rotatable bonds is 16. The average Bonchev–Trinajstić information content (AvgIpc) is 3.22. The zero-order valence-electron chi connectivity index (χ0n) is 33.5. The molecule has 0 unspecified atom stereocenters. The van der Waals surface area contributed by atoms with Crippen LogP contribution >= 0.6 is 37.2 Å². The van der Waals surface area contributed by atoms with E-state index in [1.165, 1.54) is 5.56 Å². The van der Waals surface area contributed by atoms with Crippen molar-refractivity contribution < 1.29 is 33.2 Å². The second kappa shape index (κ2) is 22.2. The Kier molecular flexibility index (Phi) is 18.1. The Labute approximate surface area is 354 Å². The first kappa shape index (κ1) is 46.6. The van der Waals surface area contributed by atoms with E-state index in [4.69, 9.17) is 33.2 Å². The van der Waals surface area contributed by atoms with E-state index in [0.717, 1.165) is 71.9 Å². The summed E-state index contributed by atoms with van der Waals surface area (Å²) in [7, 11) is 9.71. The van der Waals surface area contributed by atoms with Crippen LogP contribution in [0.1, 0.15) is 30.9 Å². The molecule has 1 saturated heterocycles. The maximum Gasteiger partial charge on any atom is 0.203 e. The Morgan fingerprint density at radius 3 is 1.72 bits per heavy atom. The molecule has 0 saturated carbocycles. The SMILES string of the molecule is CCOc1ccc(N(Cc2cncc(-c3cc(OC)c(OC)c(OC)c3)c2)C2CCN(Cc3ccnc(-c4cc(OC)c(OC)c(OC)c4)c3)CC2)cc1.Cl.Cl.Cl. The number of piperidine rings is 1. The topological polar surface area (TPSA) is 96.9 Å². The van der Waals surface area contributed by atoms with Crippen LogP contribution in [-0.4, -0.2) is 83.3 Å². The molecule has 0 amide bonds. The smallest absolute Gasteiger partial charge is 0.203 e. The fraction of sp³-hybridized carbons (Fsp3) is 0.349. The summed E-state index contributed by atoms with van der Waals surface area (Å²) in [6.07, 6.45) is 7.72. The van der Waals surface area contributed by atoms with Gasteiger partial charge in [0.05, 0.1) is 55.0 Å². The number of benzene rings is 3. The molecule has 0 bridgehead atoms. The Bertz CT molecular complexity index is 1960. The fourth-order valence-electron chi connectivity index (χ4n) is 7.11. The van der Waals surface area contributed by atoms with E-state index in [-0.39, 0.29) is 37.2 Å². The molecule has 2 aromatic heterocycles. The van der Waals surface area contributed by atoms with E-state index < -0.39 is 0 Å². The summed E-state index contributed by atoms with van der Waals surface area (Å²) >= 11 is 0. The van der Waals surface area contributed by atoms with E-state index >= 15 is 0 Å². The van der Waals surface area contributed by atoms with Gasteiger partial charge in [-0.2, -0.15) is 0 Å². The van der Waals surface area contributed by atoms with Crippen molar-refractivity contribution in [3.8, 4) is 62.6 Å². The summed E-state index contributed by atoms with van der Waals surface area (Å²) in [5.41, 5.74) is 7.12. The van der Waals surface area contributed by atoms with Crippen LogP contribution in [0, 0.1) is 0 Å². The van der Waals surface area contributed by atoms with E-state index in [1.54, 1.807) is 42.7 Å². The third kappa shape index (κ3) is 11.0. The van der Waals surface area contributed by atoms with Gasteiger partial charge < -0.3 is 38.1 Å². The molecule has 11 nitrogen and oxygen atoms in total. The average molecular weight is 844 g/mol. The molecule has 0 radical (unpaired) electrons. The second-order valence-corrected chi connectivity index (χ2v) is 13.0. The standard InChI is InChI=1S/C43H50N4O7.3ClH/c1-8-54-36-11-9-34(10-12-36)47(28-30-19-33(26-44-25-30)31-21-38(48-2)42(52-6)39(22-31)49-3)35-14-17-46(18-15-35)27-29-13-16-45-37(20-29)32-23-40(50-4)43(53-7)41(24-32)51-5;;;/h9-13,16,19-26,35H,8,14-15,17-18,27-28H2,1-7H3;3*1H. The van der Waals surface area contributed by atoms with Crippen molar-refractivity contribution in [2.75, 3.05) is 67.3 Å². The Morgan fingerprint density at radius 1 is 0.632 bits per heavy atom. The van der Waals surface area contributed by atoms with Crippen LogP contribution in [0.4, 0.5) is 5.69 Å². The number of aromatic nitrogens is 2. The molecule has 57 heavy (non-hydrogen) atoms. The largest absolute Gasteiger partial charge is 0.494 e. The van der Waals surface area contributed by atoms with E-state index in [1.807, 2.05) is 49.8 Å². The van der Waals surface area contributed by atoms with Gasteiger partial charge >= 0.3 is 0 Å². The highest BCUT2D eigenvalue weighted by atomic mass is 35.5. The lowest BCUT2D eigenvalue weighted by Crippen LogP contribution is -2.44. The maximum absolute atomic E-state index is 5.78. The number of methoxy groups -OCH3 is 6. The lowest BCUT2D eigenvalue weighted by Gasteiger charge is -2.40. The fourth-order valence-corrected chi connectivity index (χ4v) is 7.11. The highest BCUT2D eigenvalue weighted by Gasteiger charge is 2.26. The molecule has 3 heterocycles. The second-order valence-electron chi connectivity index (χ2n) is 13.0. The van der Waals surface area contributed by atoms with E-state index in [2.05, 4.69) is 62.2 Å². The van der Waals surface area contributed by atoms with Crippen molar-refractivity contribution in [2.45, 2.75) is 38.9 Å². The van der Waals surface area contributed by atoms with Gasteiger partial charge in [0, 0.05) is 67.6 Å². The molecule has 5 aromatic rings. The summed E-state index contributed by atoms with van der Waals surface area (Å²) < 4.78 is 39.3. The molecular weight excluding hydrogens is 791 g/mol. The first-order valence-electron chi connectivity index (χ1n) is 18.1. The number of halogens is 3. The van der Waals surface area contributed by atoms with Gasteiger partial charge in [0.15, 0.2) is 23.0 Å². The zero-order chi connectivity index (χ0) is 38.0. The highest BCUT2D eigenvalue weighted by Crippen LogP contribution is 2.42. The lowest BCUT2D eigenvalue weighted by atomic mass is 9.99. The number of anilines is 1. The summed E-state index contributed by atoms with van der Waals surface area (Å²) in [5, 5.41) is 0. The first-order valence-corrected chi connectivity index (χ1v) is 18.1. The van der Waals surface area contributed by atoms with Crippen LogP contribution in [0.5, 0.6) is 40.2 Å². The summed E-state index contributed by atoms with van der Waals surface area (Å²) in [6.45, 7) is 6.08. The van der Waals surface area contributed by atoms with Crippen molar-refractivity contribution in [3.05, 3.63) is 96.4 Å². The summed E-state index contributed by atoms with van der Waals surface area (Å²) in [6, 6.07) is 23.0. The molecule has 6 rings (SSSR count). The Morgan fingerprint density at radius 2 is 1.19 bits per heavy atom. The van der Waals surface area contributed by atoms with Crippen molar-refractivity contribution >= 4 is 42.9 Å². The van der Waals surface area contributed by atoms with Crippen LogP contribution in [-0.2, 0) is 13.1 Å². The molecule has 1 aliphatic heterocycles. The molecule has 0 atom stereocenters. The van der Waals surface area contributed by atoms with Gasteiger partial charge in [-0.25, -0.2) is 0 Å². The zero-order valence-corrected chi connectivity index (χ0v) is 35.9. The molecular formula is C43H53Cl3N4O7. The molecule has 14 heteroatoms. The molecule has 0 spiro atoms.